The fourth-order valence-electron chi connectivity index (χ4n) is 0. The largest absolute Gasteiger partial charge is 0.397 e. The SMILES string of the molecule is CC(C)O.CCO.Cl. The summed E-state index contributed by atoms with van der Waals surface area (Å²) in [4.78, 5) is 0. The highest BCUT2D eigenvalue weighted by Crippen LogP contribution is 1.65. The van der Waals surface area contributed by atoms with Crippen LogP contribution in [0.4, 0.5) is 0 Å². The van der Waals surface area contributed by atoms with Crippen LogP contribution in [0, 0.1) is 0 Å². The Bertz CT molecular complexity index is 21.6. The van der Waals surface area contributed by atoms with Crippen LogP contribution in [0.1, 0.15) is 20.8 Å². The topological polar surface area (TPSA) is 40.5 Å². The van der Waals surface area contributed by atoms with Crippen LogP contribution in [-0.2, 0) is 0 Å². The molecule has 0 saturated carbocycles. The Morgan fingerprint density at radius 2 is 1.38 bits per heavy atom. The van der Waals surface area contributed by atoms with E-state index in [1.807, 2.05) is 0 Å². The van der Waals surface area contributed by atoms with Crippen molar-refractivity contribution in [2.75, 3.05) is 6.61 Å². The Kier molecular flexibility index (Phi) is 30.8. The van der Waals surface area contributed by atoms with Crippen molar-refractivity contribution in [2.24, 2.45) is 0 Å². The maximum absolute atomic E-state index is 8.06. The van der Waals surface area contributed by atoms with Gasteiger partial charge in [-0.2, -0.15) is 0 Å². The molecule has 0 amide bonds. The molecular weight excluding hydrogens is 128 g/mol. The lowest BCUT2D eigenvalue weighted by Crippen LogP contribution is -1.85. The summed E-state index contributed by atoms with van der Waals surface area (Å²) in [5, 5.41) is 15.6. The van der Waals surface area contributed by atoms with Crippen molar-refractivity contribution in [2.45, 2.75) is 26.9 Å². The van der Waals surface area contributed by atoms with Gasteiger partial charge in [0, 0.05) is 12.7 Å². The van der Waals surface area contributed by atoms with E-state index < -0.39 is 0 Å². The second-order valence-electron chi connectivity index (χ2n) is 1.41. The Morgan fingerprint density at radius 3 is 1.38 bits per heavy atom. The maximum atomic E-state index is 8.06. The van der Waals surface area contributed by atoms with Crippen molar-refractivity contribution in [3.63, 3.8) is 0 Å². The molecule has 0 aromatic heterocycles. The van der Waals surface area contributed by atoms with E-state index >= 15 is 0 Å². The van der Waals surface area contributed by atoms with E-state index in [1.165, 1.54) is 0 Å². The molecule has 0 rings (SSSR count). The monoisotopic (exact) mass is 142 g/mol. The smallest absolute Gasteiger partial charge is 0.0483 e. The van der Waals surface area contributed by atoms with Crippen LogP contribution in [0.5, 0.6) is 0 Å². The summed E-state index contributed by atoms with van der Waals surface area (Å²) < 4.78 is 0. The number of hydrogen-bond donors (Lipinski definition) is 2. The molecule has 0 saturated heterocycles. The van der Waals surface area contributed by atoms with Crippen LogP contribution >= 0.6 is 12.4 Å². The molecule has 0 aliphatic heterocycles. The minimum absolute atomic E-state index is 0. The van der Waals surface area contributed by atoms with Gasteiger partial charge in [0.2, 0.25) is 0 Å². The van der Waals surface area contributed by atoms with Crippen molar-refractivity contribution in [1.82, 2.24) is 0 Å². The summed E-state index contributed by atoms with van der Waals surface area (Å²) in [6.07, 6.45) is -0.167. The molecule has 0 bridgehead atoms. The lowest BCUT2D eigenvalue weighted by molar-refractivity contribution is 0.216. The van der Waals surface area contributed by atoms with E-state index in [1.54, 1.807) is 20.8 Å². The quantitative estimate of drug-likeness (QED) is 0.526. The van der Waals surface area contributed by atoms with E-state index in [0.29, 0.717) is 0 Å². The van der Waals surface area contributed by atoms with Gasteiger partial charge in [0.15, 0.2) is 0 Å². The Balaban J connectivity index is -0.0000000575. The molecule has 8 heavy (non-hydrogen) atoms. The fourth-order valence-corrected chi connectivity index (χ4v) is 0. The van der Waals surface area contributed by atoms with Gasteiger partial charge in [0.1, 0.15) is 0 Å². The molecule has 54 valence electrons. The minimum atomic E-state index is -0.167. The van der Waals surface area contributed by atoms with Gasteiger partial charge in [0.05, 0.1) is 0 Å². The molecular formula is C5H15ClO2. The van der Waals surface area contributed by atoms with E-state index in [0.717, 1.165) is 0 Å². The van der Waals surface area contributed by atoms with Gasteiger partial charge in [0.25, 0.3) is 0 Å². The van der Waals surface area contributed by atoms with Gasteiger partial charge in [-0.1, -0.05) is 0 Å². The first-order valence-corrected chi connectivity index (χ1v) is 2.44. The molecule has 0 aliphatic carbocycles. The molecule has 2 N–H and O–H groups in total. The summed E-state index contributed by atoms with van der Waals surface area (Å²) >= 11 is 0. The number of halogens is 1. The molecule has 0 unspecified atom stereocenters. The Hall–Kier alpha value is 0.210. The van der Waals surface area contributed by atoms with Crippen LogP contribution in [0.2, 0.25) is 0 Å². The van der Waals surface area contributed by atoms with Gasteiger partial charge >= 0.3 is 0 Å². The molecule has 2 nitrogen and oxygen atoms in total. The van der Waals surface area contributed by atoms with Crippen LogP contribution in [0.25, 0.3) is 0 Å². The first kappa shape index (κ1) is 15.7. The zero-order valence-corrected chi connectivity index (χ0v) is 6.40. The zero-order chi connectivity index (χ0) is 6.28. The van der Waals surface area contributed by atoms with Gasteiger partial charge < -0.3 is 10.2 Å². The molecule has 0 aromatic carbocycles. The van der Waals surface area contributed by atoms with Crippen molar-refractivity contribution in [3.05, 3.63) is 0 Å². The van der Waals surface area contributed by atoms with Crippen molar-refractivity contribution in [1.29, 1.82) is 0 Å². The van der Waals surface area contributed by atoms with Crippen molar-refractivity contribution in [3.8, 4) is 0 Å². The molecule has 3 heteroatoms. The molecule has 0 atom stereocenters. The summed E-state index contributed by atoms with van der Waals surface area (Å²) in [5.41, 5.74) is 0. The van der Waals surface area contributed by atoms with Gasteiger partial charge in [-0.25, -0.2) is 0 Å². The minimum Gasteiger partial charge on any atom is -0.397 e. The third-order valence-corrected chi connectivity index (χ3v) is 0. The third-order valence-electron chi connectivity index (χ3n) is 0. The number of hydrogen-bond acceptors (Lipinski definition) is 2. The molecule has 0 fully saturated rings. The molecule has 0 radical (unpaired) electrons. The van der Waals surface area contributed by atoms with Crippen LogP contribution < -0.4 is 0 Å². The standard InChI is InChI=1S/C3H8O.C2H6O.ClH/c1-3(2)4;1-2-3;/h3-4H,1-2H3;3H,2H2,1H3;1H. The fraction of sp³-hybridized carbons (Fsp3) is 1.00. The van der Waals surface area contributed by atoms with Crippen molar-refractivity contribution >= 4 is 12.4 Å². The van der Waals surface area contributed by atoms with E-state index in [-0.39, 0.29) is 25.1 Å². The van der Waals surface area contributed by atoms with Crippen LogP contribution in [0.15, 0.2) is 0 Å². The highest BCUT2D eigenvalue weighted by molar-refractivity contribution is 5.85. The predicted octanol–water partition coefficient (Wildman–Crippen LogP) is 0.807. The van der Waals surface area contributed by atoms with Gasteiger partial charge in [-0.3, -0.25) is 0 Å². The summed E-state index contributed by atoms with van der Waals surface area (Å²) in [5.74, 6) is 0. The Labute approximate surface area is 56.9 Å². The lowest BCUT2D eigenvalue weighted by Gasteiger charge is -1.80. The highest BCUT2D eigenvalue weighted by atomic mass is 35.5. The third kappa shape index (κ3) is 3820. The number of rotatable bonds is 0. The van der Waals surface area contributed by atoms with Gasteiger partial charge in [-0.15, -0.1) is 12.4 Å². The summed E-state index contributed by atoms with van der Waals surface area (Å²) in [6, 6.07) is 0. The lowest BCUT2D eigenvalue weighted by atomic mass is 10.5. The summed E-state index contributed by atoms with van der Waals surface area (Å²) in [6.45, 7) is 5.38. The highest BCUT2D eigenvalue weighted by Gasteiger charge is 1.69. The van der Waals surface area contributed by atoms with Crippen LogP contribution in [-0.4, -0.2) is 22.9 Å². The average molecular weight is 143 g/mol. The summed E-state index contributed by atoms with van der Waals surface area (Å²) in [7, 11) is 0. The molecule has 0 aromatic rings. The average Bonchev–Trinajstić information content (AvgIpc) is 1.33. The molecule has 0 spiro atoms. The second kappa shape index (κ2) is 15.7. The molecule has 0 aliphatic rings. The normalized spacial score (nSPS) is 6.75. The first-order chi connectivity index (χ1) is 3.15. The number of aliphatic hydroxyl groups is 2. The van der Waals surface area contributed by atoms with Crippen LogP contribution in [0.3, 0.4) is 0 Å². The number of aliphatic hydroxyl groups excluding tert-OH is 2. The van der Waals surface area contributed by atoms with E-state index in [2.05, 4.69) is 0 Å². The van der Waals surface area contributed by atoms with E-state index in [4.69, 9.17) is 10.2 Å². The Morgan fingerprint density at radius 1 is 1.38 bits per heavy atom. The maximum Gasteiger partial charge on any atom is 0.0483 e. The van der Waals surface area contributed by atoms with E-state index in [9.17, 15) is 0 Å². The molecule has 0 heterocycles. The van der Waals surface area contributed by atoms with Gasteiger partial charge in [-0.05, 0) is 20.8 Å². The first-order valence-electron chi connectivity index (χ1n) is 2.44. The zero-order valence-electron chi connectivity index (χ0n) is 5.59. The predicted molar refractivity (Wildman–Crippen MR) is 37.4 cm³/mol. The second-order valence-corrected chi connectivity index (χ2v) is 1.41. The van der Waals surface area contributed by atoms with Crippen molar-refractivity contribution < 1.29 is 10.2 Å².